The second kappa shape index (κ2) is 9.70. The van der Waals surface area contributed by atoms with Crippen LogP contribution in [0.2, 0.25) is 0 Å². The average molecular weight is 562 g/mol. The topological polar surface area (TPSA) is 125 Å². The van der Waals surface area contributed by atoms with Crippen LogP contribution in [-0.4, -0.2) is 32.7 Å². The normalized spacial score (nSPS) is 11.8. The van der Waals surface area contributed by atoms with Gasteiger partial charge in [0.25, 0.3) is 10.2 Å². The minimum atomic E-state index is -4.30. The number of aryl methyl sites for hydroxylation is 1. The Morgan fingerprint density at radius 2 is 1.85 bits per heavy atom. The molecule has 0 atom stereocenters. The zero-order valence-electron chi connectivity index (χ0n) is 20.9. The molecule has 6 rings (SSSR count). The number of hydrogen-bond donors (Lipinski definition) is 1. The number of imidazole rings is 1. The van der Waals surface area contributed by atoms with Crippen molar-refractivity contribution in [3.63, 3.8) is 0 Å². The van der Waals surface area contributed by atoms with Gasteiger partial charge in [0.2, 0.25) is 0 Å². The number of furan rings is 1. The molecule has 4 heterocycles. The van der Waals surface area contributed by atoms with E-state index in [1.54, 1.807) is 45.9 Å². The van der Waals surface area contributed by atoms with Crippen LogP contribution < -0.4 is 9.44 Å². The van der Waals surface area contributed by atoms with Crippen molar-refractivity contribution >= 4 is 27.1 Å². The molecule has 0 amide bonds. The van der Waals surface area contributed by atoms with Gasteiger partial charge in [-0.3, -0.25) is 13.6 Å². The van der Waals surface area contributed by atoms with Crippen LogP contribution in [0.5, 0.6) is 0 Å². The summed E-state index contributed by atoms with van der Waals surface area (Å²) >= 11 is 0. The quantitative estimate of drug-likeness (QED) is 0.304. The Bertz CT molecular complexity index is 1970. The maximum absolute atomic E-state index is 14.9. The van der Waals surface area contributed by atoms with Gasteiger partial charge in [-0.15, -0.1) is 0 Å². The van der Waals surface area contributed by atoms with Gasteiger partial charge in [-0.25, -0.2) is 23.9 Å². The second-order valence-electron chi connectivity index (χ2n) is 9.08. The summed E-state index contributed by atoms with van der Waals surface area (Å²) in [7, 11) is -2.49. The smallest absolute Gasteiger partial charge is 0.299 e. The predicted molar refractivity (Wildman–Crippen MR) is 144 cm³/mol. The van der Waals surface area contributed by atoms with Crippen LogP contribution in [0.15, 0.2) is 90.2 Å². The van der Waals surface area contributed by atoms with Gasteiger partial charge in [0.05, 0.1) is 30.4 Å². The second-order valence-corrected chi connectivity index (χ2v) is 10.5. The maximum Gasteiger partial charge on any atom is 0.299 e. The third kappa shape index (κ3) is 4.83. The number of fused-ring (bicyclic) bond motifs is 1. The fourth-order valence-electron chi connectivity index (χ4n) is 4.45. The van der Waals surface area contributed by atoms with E-state index in [0.29, 0.717) is 22.6 Å². The Hall–Kier alpha value is -4.88. The van der Waals surface area contributed by atoms with Crippen molar-refractivity contribution in [3.8, 4) is 27.9 Å². The van der Waals surface area contributed by atoms with E-state index < -0.39 is 21.8 Å². The van der Waals surface area contributed by atoms with E-state index in [1.165, 1.54) is 24.7 Å². The third-order valence-electron chi connectivity index (χ3n) is 6.32. The molecule has 0 bridgehead atoms. The van der Waals surface area contributed by atoms with Gasteiger partial charge >= 0.3 is 0 Å². The van der Waals surface area contributed by atoms with Crippen molar-refractivity contribution in [3.05, 3.63) is 103 Å². The lowest BCUT2D eigenvalue weighted by Gasteiger charge is -2.23. The summed E-state index contributed by atoms with van der Waals surface area (Å²) in [5, 5.41) is 9.78. The molecule has 0 unspecified atom stereocenters. The molecule has 10 nitrogen and oxygen atoms in total. The number of halogens is 2. The molecule has 6 aromatic rings. The number of nitrogens with two attached hydrogens (primary N) is 1. The van der Waals surface area contributed by atoms with E-state index in [1.807, 2.05) is 19.3 Å². The molecule has 2 N–H and O–H groups in total. The highest BCUT2D eigenvalue weighted by molar-refractivity contribution is 7.90. The van der Waals surface area contributed by atoms with Crippen LogP contribution in [0.4, 0.5) is 14.5 Å². The fourth-order valence-corrected chi connectivity index (χ4v) is 5.15. The number of anilines is 1. The summed E-state index contributed by atoms with van der Waals surface area (Å²) in [4.78, 5) is 9.07. The molecular formula is C27H21F2N7O3S. The number of hydrogen-bond acceptors (Lipinski definition) is 6. The molecule has 0 spiro atoms. The lowest BCUT2D eigenvalue weighted by atomic mass is 10.0. The number of pyridine rings is 1. The van der Waals surface area contributed by atoms with Crippen LogP contribution in [0.1, 0.15) is 5.76 Å². The van der Waals surface area contributed by atoms with Crippen molar-refractivity contribution < 1.29 is 21.6 Å². The zero-order valence-corrected chi connectivity index (χ0v) is 21.8. The van der Waals surface area contributed by atoms with Crippen LogP contribution in [0, 0.1) is 11.6 Å². The van der Waals surface area contributed by atoms with E-state index in [2.05, 4.69) is 15.1 Å². The Morgan fingerprint density at radius 1 is 1.00 bits per heavy atom. The highest BCUT2D eigenvalue weighted by atomic mass is 32.2. The van der Waals surface area contributed by atoms with Gasteiger partial charge < -0.3 is 4.42 Å². The minimum Gasteiger partial charge on any atom is -0.467 e. The van der Waals surface area contributed by atoms with Crippen LogP contribution in [0.3, 0.4) is 0 Å². The number of rotatable bonds is 7. The molecule has 0 aliphatic carbocycles. The van der Waals surface area contributed by atoms with E-state index in [-0.39, 0.29) is 23.4 Å². The molecule has 13 heteroatoms. The summed E-state index contributed by atoms with van der Waals surface area (Å²) < 4.78 is 63.6. The molecule has 2 aromatic carbocycles. The molecule has 0 fully saturated rings. The van der Waals surface area contributed by atoms with Crippen molar-refractivity contribution in [1.29, 1.82) is 0 Å². The number of aromatic nitrogens is 5. The molecule has 0 aliphatic rings. The zero-order chi connectivity index (χ0) is 28.0. The van der Waals surface area contributed by atoms with E-state index >= 15 is 0 Å². The predicted octanol–water partition coefficient (Wildman–Crippen LogP) is 4.57. The average Bonchev–Trinajstić information content (AvgIpc) is 3.67. The van der Waals surface area contributed by atoms with E-state index in [4.69, 9.17) is 9.56 Å². The van der Waals surface area contributed by atoms with Gasteiger partial charge in [0, 0.05) is 42.2 Å². The van der Waals surface area contributed by atoms with Gasteiger partial charge in [0.1, 0.15) is 29.2 Å². The fraction of sp³-hybridized carbons (Fsp3) is 0.0741. The first-order chi connectivity index (χ1) is 19.2. The first-order valence-corrected chi connectivity index (χ1v) is 13.4. The maximum atomic E-state index is 14.9. The van der Waals surface area contributed by atoms with Crippen molar-refractivity contribution in [1.82, 2.24) is 24.3 Å². The highest BCUT2D eigenvalue weighted by Crippen LogP contribution is 2.33. The summed E-state index contributed by atoms with van der Waals surface area (Å²) in [6.07, 6.45) is 8.19. The first-order valence-electron chi connectivity index (χ1n) is 11.9. The standard InChI is InChI=1S/C27H21F2N7O3S/c1-34-14-19(13-33-34)18-9-26-27(31-12-18)35(16-32-26)21-7-17(24-5-4-20(28)10-25(24)29)8-22(11-21)36(40(30,37)38)15-23-3-2-6-39-23/h2-14,16H,15H2,1H3,(H2,30,37,38). The monoisotopic (exact) mass is 561 g/mol. The number of nitrogens with zero attached hydrogens (tertiary/aromatic N) is 6. The van der Waals surface area contributed by atoms with Crippen molar-refractivity contribution in [2.45, 2.75) is 6.54 Å². The Morgan fingerprint density at radius 3 is 2.55 bits per heavy atom. The molecule has 40 heavy (non-hydrogen) atoms. The van der Waals surface area contributed by atoms with E-state index in [0.717, 1.165) is 27.6 Å². The van der Waals surface area contributed by atoms with Crippen LogP contribution in [-0.2, 0) is 23.8 Å². The molecule has 0 radical (unpaired) electrons. The molecular weight excluding hydrogens is 540 g/mol. The largest absolute Gasteiger partial charge is 0.467 e. The van der Waals surface area contributed by atoms with Crippen LogP contribution in [0.25, 0.3) is 39.1 Å². The summed E-state index contributed by atoms with van der Waals surface area (Å²) in [6, 6.07) is 12.9. The third-order valence-corrected chi connectivity index (χ3v) is 7.28. The summed E-state index contributed by atoms with van der Waals surface area (Å²) in [6.45, 7) is -0.210. The Labute approximate surface area is 227 Å². The van der Waals surface area contributed by atoms with Gasteiger partial charge in [-0.2, -0.15) is 13.5 Å². The molecule has 202 valence electrons. The van der Waals surface area contributed by atoms with Crippen LogP contribution >= 0.6 is 0 Å². The highest BCUT2D eigenvalue weighted by Gasteiger charge is 2.23. The van der Waals surface area contributed by atoms with Crippen molar-refractivity contribution in [2.24, 2.45) is 12.2 Å². The van der Waals surface area contributed by atoms with Gasteiger partial charge in [-0.1, -0.05) is 0 Å². The summed E-state index contributed by atoms with van der Waals surface area (Å²) in [5.74, 6) is -1.21. The summed E-state index contributed by atoms with van der Waals surface area (Å²) in [5.41, 5.74) is 3.62. The minimum absolute atomic E-state index is 0.0631. The lowest BCUT2D eigenvalue weighted by Crippen LogP contribution is -2.36. The molecule has 0 saturated carbocycles. The first kappa shape index (κ1) is 25.4. The Balaban J connectivity index is 1.53. The van der Waals surface area contributed by atoms with Crippen molar-refractivity contribution in [2.75, 3.05) is 4.31 Å². The van der Waals surface area contributed by atoms with E-state index in [9.17, 15) is 17.2 Å². The van der Waals surface area contributed by atoms with Gasteiger partial charge in [-0.05, 0) is 54.1 Å². The molecule has 0 saturated heterocycles. The molecule has 4 aromatic heterocycles. The SMILES string of the molecule is Cn1cc(-c2cnc3c(c2)ncn3-c2cc(-c3ccc(F)cc3F)cc(N(Cc3ccco3)S(N)(=O)=O)c2)cn1. The lowest BCUT2D eigenvalue weighted by molar-refractivity contribution is 0.508. The Kier molecular flexibility index (Phi) is 6.16. The number of benzene rings is 2. The van der Waals surface area contributed by atoms with Gasteiger partial charge in [0.15, 0.2) is 5.65 Å². The molecule has 0 aliphatic heterocycles.